The third kappa shape index (κ3) is 5.67. The third-order valence-electron chi connectivity index (χ3n) is 3.01. The number of nitrogens with zero attached hydrogens (tertiary/aromatic N) is 2. The van der Waals surface area contributed by atoms with Crippen molar-refractivity contribution in [2.45, 2.75) is 61.1 Å². The summed E-state index contributed by atoms with van der Waals surface area (Å²) in [5.41, 5.74) is 2.85. The van der Waals surface area contributed by atoms with Gasteiger partial charge in [-0.15, -0.1) is 0 Å². The molecule has 0 fully saturated rings. The van der Waals surface area contributed by atoms with Crippen molar-refractivity contribution in [2.24, 2.45) is 11.3 Å². The summed E-state index contributed by atoms with van der Waals surface area (Å²) >= 11 is 0. The van der Waals surface area contributed by atoms with Gasteiger partial charge in [0.15, 0.2) is 0 Å². The zero-order chi connectivity index (χ0) is 13.8. The van der Waals surface area contributed by atoms with Crippen LogP contribution in [0.2, 0.25) is 0 Å². The highest BCUT2D eigenvalue weighted by molar-refractivity contribution is 5.15. The number of aryl methyl sites for hydroxylation is 2. The lowest BCUT2D eigenvalue weighted by Crippen LogP contribution is -2.19. The second-order valence-electron chi connectivity index (χ2n) is 6.84. The van der Waals surface area contributed by atoms with Crippen molar-refractivity contribution in [3.8, 4) is 0 Å². The molecule has 18 heavy (non-hydrogen) atoms. The molecule has 0 aromatic carbocycles. The number of hydrogen-bond acceptors (Lipinski definition) is 2. The number of rotatable bonds is 6. The molecule has 0 unspecified atom stereocenters. The number of nitrogens with one attached hydrogen (secondary N) is 1. The summed E-state index contributed by atoms with van der Waals surface area (Å²) in [6, 6.07) is 0. The molecule has 1 rings (SSSR count). The van der Waals surface area contributed by atoms with Crippen LogP contribution < -0.4 is 5.32 Å². The van der Waals surface area contributed by atoms with Crippen molar-refractivity contribution in [3.63, 3.8) is 0 Å². The Morgan fingerprint density at radius 3 is 2.56 bits per heavy atom. The van der Waals surface area contributed by atoms with Gasteiger partial charge in [0.2, 0.25) is 0 Å². The molecular formula is C15H29N3. The van der Waals surface area contributed by atoms with Crippen molar-refractivity contribution in [3.05, 3.63) is 17.5 Å². The highest BCUT2D eigenvalue weighted by Crippen LogP contribution is 2.19. The van der Waals surface area contributed by atoms with Gasteiger partial charge in [-0.05, 0) is 31.2 Å². The standard InChI is InChI=1S/C15H29N3/c1-12(2)9-16-10-14-11-18(17-13(14)3)8-7-15(4,5)6/h11-12,16H,7-10H2,1-6H3. The highest BCUT2D eigenvalue weighted by atomic mass is 15.3. The van der Waals surface area contributed by atoms with Crippen LogP contribution in [0.15, 0.2) is 6.20 Å². The summed E-state index contributed by atoms with van der Waals surface area (Å²) in [5.74, 6) is 0.696. The molecule has 0 saturated carbocycles. The summed E-state index contributed by atoms with van der Waals surface area (Å²) in [5, 5.41) is 8.06. The second kappa shape index (κ2) is 6.37. The first-order valence-electron chi connectivity index (χ1n) is 7.01. The highest BCUT2D eigenvalue weighted by Gasteiger charge is 2.11. The largest absolute Gasteiger partial charge is 0.312 e. The van der Waals surface area contributed by atoms with E-state index >= 15 is 0 Å². The van der Waals surface area contributed by atoms with Crippen molar-refractivity contribution in [2.75, 3.05) is 6.54 Å². The maximum absolute atomic E-state index is 4.59. The Morgan fingerprint density at radius 2 is 2.00 bits per heavy atom. The molecule has 3 heteroatoms. The molecule has 0 amide bonds. The smallest absolute Gasteiger partial charge is 0.0638 e. The van der Waals surface area contributed by atoms with E-state index in [0.29, 0.717) is 11.3 Å². The minimum atomic E-state index is 0.371. The Labute approximate surface area is 112 Å². The molecule has 1 N–H and O–H groups in total. The van der Waals surface area contributed by atoms with Gasteiger partial charge >= 0.3 is 0 Å². The summed E-state index contributed by atoms with van der Waals surface area (Å²) in [6.07, 6.45) is 3.35. The maximum atomic E-state index is 4.59. The van der Waals surface area contributed by atoms with E-state index < -0.39 is 0 Å². The third-order valence-corrected chi connectivity index (χ3v) is 3.01. The van der Waals surface area contributed by atoms with Gasteiger partial charge in [0, 0.05) is 24.8 Å². The molecule has 1 heterocycles. The van der Waals surface area contributed by atoms with Gasteiger partial charge in [-0.1, -0.05) is 34.6 Å². The first-order chi connectivity index (χ1) is 8.28. The van der Waals surface area contributed by atoms with E-state index in [0.717, 1.165) is 31.7 Å². The average Bonchev–Trinajstić information content (AvgIpc) is 2.55. The van der Waals surface area contributed by atoms with Gasteiger partial charge in [0.05, 0.1) is 5.69 Å². The Bertz CT molecular complexity index is 358. The van der Waals surface area contributed by atoms with E-state index in [9.17, 15) is 0 Å². The van der Waals surface area contributed by atoms with Crippen LogP contribution in [0.5, 0.6) is 0 Å². The monoisotopic (exact) mass is 251 g/mol. The lowest BCUT2D eigenvalue weighted by molar-refractivity contribution is 0.340. The van der Waals surface area contributed by atoms with Crippen LogP contribution in [0.25, 0.3) is 0 Å². The summed E-state index contributed by atoms with van der Waals surface area (Å²) in [4.78, 5) is 0. The minimum Gasteiger partial charge on any atom is -0.312 e. The first kappa shape index (κ1) is 15.2. The quantitative estimate of drug-likeness (QED) is 0.840. The fraction of sp³-hybridized carbons (Fsp3) is 0.800. The van der Waals surface area contributed by atoms with E-state index in [1.165, 1.54) is 5.56 Å². The lowest BCUT2D eigenvalue weighted by atomic mass is 9.92. The molecule has 0 atom stereocenters. The van der Waals surface area contributed by atoms with Crippen molar-refractivity contribution < 1.29 is 0 Å². The second-order valence-corrected chi connectivity index (χ2v) is 6.84. The molecule has 3 nitrogen and oxygen atoms in total. The van der Waals surface area contributed by atoms with Gasteiger partial charge in [0.1, 0.15) is 0 Å². The first-order valence-corrected chi connectivity index (χ1v) is 7.01. The van der Waals surface area contributed by atoms with Crippen LogP contribution >= 0.6 is 0 Å². The minimum absolute atomic E-state index is 0.371. The maximum Gasteiger partial charge on any atom is 0.0638 e. The summed E-state index contributed by atoms with van der Waals surface area (Å²) in [6.45, 7) is 16.4. The topological polar surface area (TPSA) is 29.9 Å². The molecule has 104 valence electrons. The van der Waals surface area contributed by atoms with Crippen molar-refractivity contribution >= 4 is 0 Å². The van der Waals surface area contributed by atoms with Gasteiger partial charge < -0.3 is 5.32 Å². The lowest BCUT2D eigenvalue weighted by Gasteiger charge is -2.17. The average molecular weight is 251 g/mol. The van der Waals surface area contributed by atoms with Gasteiger partial charge in [0.25, 0.3) is 0 Å². The molecule has 0 aliphatic rings. The fourth-order valence-corrected chi connectivity index (χ4v) is 1.79. The molecule has 0 saturated heterocycles. The number of hydrogen-bond donors (Lipinski definition) is 1. The number of aromatic nitrogens is 2. The van der Waals surface area contributed by atoms with E-state index in [2.05, 4.69) is 62.8 Å². The van der Waals surface area contributed by atoms with E-state index in [1.807, 2.05) is 0 Å². The van der Waals surface area contributed by atoms with Gasteiger partial charge in [-0.25, -0.2) is 0 Å². The van der Waals surface area contributed by atoms with Crippen molar-refractivity contribution in [1.82, 2.24) is 15.1 Å². The van der Waals surface area contributed by atoms with Gasteiger partial charge in [-0.2, -0.15) is 5.10 Å². The van der Waals surface area contributed by atoms with Crippen LogP contribution in [-0.2, 0) is 13.1 Å². The van der Waals surface area contributed by atoms with E-state index in [1.54, 1.807) is 0 Å². The van der Waals surface area contributed by atoms with Crippen LogP contribution in [0.1, 0.15) is 52.3 Å². The van der Waals surface area contributed by atoms with E-state index in [-0.39, 0.29) is 0 Å². The summed E-state index contributed by atoms with van der Waals surface area (Å²) in [7, 11) is 0. The zero-order valence-electron chi connectivity index (χ0n) is 12.9. The van der Waals surface area contributed by atoms with Crippen molar-refractivity contribution in [1.29, 1.82) is 0 Å². The molecule has 0 bridgehead atoms. The van der Waals surface area contributed by atoms with Crippen LogP contribution in [-0.4, -0.2) is 16.3 Å². The van der Waals surface area contributed by atoms with Gasteiger partial charge in [-0.3, -0.25) is 4.68 Å². The molecule has 0 aliphatic heterocycles. The normalized spacial score (nSPS) is 12.4. The van der Waals surface area contributed by atoms with Crippen LogP contribution in [0.4, 0.5) is 0 Å². The molecule has 1 aromatic heterocycles. The molecule has 0 radical (unpaired) electrons. The summed E-state index contributed by atoms with van der Waals surface area (Å²) < 4.78 is 2.09. The Balaban J connectivity index is 2.48. The molecule has 1 aromatic rings. The van der Waals surface area contributed by atoms with Crippen LogP contribution in [0.3, 0.4) is 0 Å². The molecular weight excluding hydrogens is 222 g/mol. The predicted molar refractivity (Wildman–Crippen MR) is 77.6 cm³/mol. The SMILES string of the molecule is Cc1nn(CCC(C)(C)C)cc1CNCC(C)C. The molecule has 0 spiro atoms. The zero-order valence-corrected chi connectivity index (χ0v) is 12.9. The Morgan fingerprint density at radius 1 is 1.33 bits per heavy atom. The van der Waals surface area contributed by atoms with Crippen LogP contribution in [0, 0.1) is 18.3 Å². The van der Waals surface area contributed by atoms with E-state index in [4.69, 9.17) is 0 Å². The fourth-order valence-electron chi connectivity index (χ4n) is 1.79. The Kier molecular flexibility index (Phi) is 5.39. The molecule has 0 aliphatic carbocycles. The predicted octanol–water partition coefficient (Wildman–Crippen LogP) is 3.37. The Hall–Kier alpha value is -0.830.